The second-order valence-electron chi connectivity index (χ2n) is 9.51. The summed E-state index contributed by atoms with van der Waals surface area (Å²) in [5.41, 5.74) is 6.30. The Morgan fingerprint density at radius 3 is 1.31 bits per heavy atom. The lowest BCUT2D eigenvalue weighted by Crippen LogP contribution is -2.28. The van der Waals surface area contributed by atoms with Gasteiger partial charge in [-0.05, 0) is 11.6 Å². The largest absolute Gasteiger partial charge is 0.398 e. The molecular formula is C28H16N2O10S2. The fraction of sp³-hybridized carbons (Fsp3) is 0. The van der Waals surface area contributed by atoms with Gasteiger partial charge in [-0.15, -0.1) is 0 Å². The van der Waals surface area contributed by atoms with Crippen LogP contribution in [0.4, 0.5) is 11.4 Å². The molecule has 6 rings (SSSR count). The summed E-state index contributed by atoms with van der Waals surface area (Å²) in [6.07, 6.45) is 0. The van der Waals surface area contributed by atoms with Crippen molar-refractivity contribution in [2.45, 2.75) is 9.79 Å². The zero-order chi connectivity index (χ0) is 30.5. The van der Waals surface area contributed by atoms with Crippen molar-refractivity contribution in [2.24, 2.45) is 0 Å². The lowest BCUT2D eigenvalue weighted by molar-refractivity contribution is 0.0978. The van der Waals surface area contributed by atoms with Gasteiger partial charge >= 0.3 is 0 Å². The second-order valence-corrected chi connectivity index (χ2v) is 12.2. The molecule has 0 unspecified atom stereocenters. The van der Waals surface area contributed by atoms with E-state index in [1.807, 2.05) is 0 Å². The number of benzene rings is 4. The highest BCUT2D eigenvalue weighted by Crippen LogP contribution is 2.48. The standard InChI is InChI=1S/C28H16N2O10S2/c29-16-10-9-15(17-19(16)24(32)12-6-2-1-5-11(12)23(17)31)18-20-21(26(34)14-8-4-3-7-13(14)25(20)33)22(30)28(42(38,39)40)27(18)41(35,36)37/h1-10H,29-30H2,(H,35,36,37)(H,38,39,40). The summed E-state index contributed by atoms with van der Waals surface area (Å²) in [5, 5.41) is 0. The number of fused-ring (bicyclic) bond motifs is 4. The van der Waals surface area contributed by atoms with Gasteiger partial charge in [-0.1, -0.05) is 54.6 Å². The normalized spacial score (nSPS) is 14.2. The number of hydrogen-bond acceptors (Lipinski definition) is 10. The van der Waals surface area contributed by atoms with Crippen molar-refractivity contribution in [3.8, 4) is 11.1 Å². The summed E-state index contributed by atoms with van der Waals surface area (Å²) in [6, 6.07) is 13.2. The zero-order valence-corrected chi connectivity index (χ0v) is 22.5. The summed E-state index contributed by atoms with van der Waals surface area (Å²) in [5.74, 6) is -3.59. The van der Waals surface area contributed by atoms with E-state index in [4.69, 9.17) is 11.5 Å². The Morgan fingerprint density at radius 2 is 0.857 bits per heavy atom. The minimum atomic E-state index is -5.71. The highest BCUT2D eigenvalue weighted by Gasteiger charge is 2.44. The van der Waals surface area contributed by atoms with Gasteiger partial charge in [0, 0.05) is 44.6 Å². The molecule has 42 heavy (non-hydrogen) atoms. The third-order valence-electron chi connectivity index (χ3n) is 7.21. The van der Waals surface area contributed by atoms with E-state index < -0.39 is 86.7 Å². The SMILES string of the molecule is Nc1ccc(-c2c3c(c(N)c(S(=O)(=O)O)c2S(=O)(=O)O)C(=O)c2ccccc2C3=O)c2c1C(=O)c1ccccc1C2=O. The first-order valence-corrected chi connectivity index (χ1v) is 14.8. The van der Waals surface area contributed by atoms with Gasteiger partial charge in [-0.25, -0.2) is 0 Å². The average molecular weight is 605 g/mol. The quantitative estimate of drug-likeness (QED) is 0.169. The van der Waals surface area contributed by atoms with E-state index in [-0.39, 0.29) is 33.5 Å². The van der Waals surface area contributed by atoms with Crippen LogP contribution in [0.25, 0.3) is 11.1 Å². The van der Waals surface area contributed by atoms with Gasteiger partial charge in [0.1, 0.15) is 9.79 Å². The first-order chi connectivity index (χ1) is 19.7. The van der Waals surface area contributed by atoms with Gasteiger partial charge in [0.15, 0.2) is 23.1 Å². The summed E-state index contributed by atoms with van der Waals surface area (Å²) in [4.78, 5) is 51.8. The van der Waals surface area contributed by atoms with E-state index in [0.717, 1.165) is 12.1 Å². The predicted molar refractivity (Wildman–Crippen MR) is 147 cm³/mol. The molecule has 2 aliphatic rings. The van der Waals surface area contributed by atoms with Gasteiger partial charge in [0.25, 0.3) is 20.2 Å². The second kappa shape index (κ2) is 8.74. The van der Waals surface area contributed by atoms with Crippen molar-refractivity contribution < 1.29 is 45.1 Å². The highest BCUT2D eigenvalue weighted by atomic mass is 32.2. The van der Waals surface area contributed by atoms with Crippen molar-refractivity contribution in [3.63, 3.8) is 0 Å². The number of hydrogen-bond donors (Lipinski definition) is 4. The lowest BCUT2D eigenvalue weighted by Gasteiger charge is -2.28. The molecule has 0 aliphatic heterocycles. The van der Waals surface area contributed by atoms with Crippen molar-refractivity contribution >= 4 is 54.7 Å². The summed E-state index contributed by atoms with van der Waals surface area (Å²) in [6.45, 7) is 0. The van der Waals surface area contributed by atoms with E-state index in [1.54, 1.807) is 0 Å². The van der Waals surface area contributed by atoms with Crippen LogP contribution in [0.1, 0.15) is 63.7 Å². The molecule has 210 valence electrons. The van der Waals surface area contributed by atoms with E-state index in [9.17, 15) is 45.1 Å². The Morgan fingerprint density at radius 1 is 0.452 bits per heavy atom. The molecule has 12 nitrogen and oxygen atoms in total. The summed E-state index contributed by atoms with van der Waals surface area (Å²) in [7, 11) is -11.3. The van der Waals surface area contributed by atoms with Crippen LogP contribution < -0.4 is 11.5 Å². The molecule has 0 saturated heterocycles. The zero-order valence-electron chi connectivity index (χ0n) is 20.9. The van der Waals surface area contributed by atoms with Crippen LogP contribution in [0.2, 0.25) is 0 Å². The first kappa shape index (κ1) is 27.2. The highest BCUT2D eigenvalue weighted by molar-refractivity contribution is 7.89. The Labute approximate surface area is 237 Å². The van der Waals surface area contributed by atoms with Crippen molar-refractivity contribution in [2.75, 3.05) is 11.5 Å². The fourth-order valence-corrected chi connectivity index (χ4v) is 7.71. The summed E-state index contributed by atoms with van der Waals surface area (Å²) < 4.78 is 71.5. The molecule has 2 aliphatic carbocycles. The average Bonchev–Trinajstić information content (AvgIpc) is 2.93. The molecule has 0 heterocycles. The van der Waals surface area contributed by atoms with Gasteiger partial charge in [0.05, 0.1) is 16.8 Å². The monoisotopic (exact) mass is 604 g/mol. The molecule has 0 fully saturated rings. The van der Waals surface area contributed by atoms with Crippen LogP contribution in [0.3, 0.4) is 0 Å². The molecule has 0 radical (unpaired) electrons. The molecule has 0 aromatic heterocycles. The molecular weight excluding hydrogens is 588 g/mol. The van der Waals surface area contributed by atoms with Crippen LogP contribution in [0, 0.1) is 0 Å². The lowest BCUT2D eigenvalue weighted by atomic mass is 9.75. The van der Waals surface area contributed by atoms with Crippen molar-refractivity contribution in [1.82, 2.24) is 0 Å². The summed E-state index contributed by atoms with van der Waals surface area (Å²) >= 11 is 0. The molecule has 0 spiro atoms. The number of ketones is 4. The number of nitrogen functional groups attached to an aromatic ring is 2. The van der Waals surface area contributed by atoms with Gasteiger partial charge in [-0.2, -0.15) is 16.8 Å². The van der Waals surface area contributed by atoms with Crippen molar-refractivity contribution in [3.05, 3.63) is 105 Å². The van der Waals surface area contributed by atoms with Gasteiger partial charge in [-0.3, -0.25) is 28.3 Å². The number of anilines is 2. The van der Waals surface area contributed by atoms with E-state index in [1.165, 1.54) is 48.5 Å². The van der Waals surface area contributed by atoms with Crippen LogP contribution in [-0.2, 0) is 20.2 Å². The molecule has 4 aromatic carbocycles. The van der Waals surface area contributed by atoms with E-state index in [2.05, 4.69) is 0 Å². The number of nitrogens with two attached hydrogens (primary N) is 2. The van der Waals surface area contributed by atoms with Crippen molar-refractivity contribution in [1.29, 1.82) is 0 Å². The smallest absolute Gasteiger partial charge is 0.298 e. The fourth-order valence-electron chi connectivity index (χ4n) is 5.55. The van der Waals surface area contributed by atoms with Crippen LogP contribution in [0.15, 0.2) is 70.5 Å². The third-order valence-corrected chi connectivity index (χ3v) is 9.20. The molecule has 6 N–H and O–H groups in total. The Kier molecular flexibility index (Phi) is 5.65. The third kappa shape index (κ3) is 3.60. The molecule has 0 bridgehead atoms. The number of carbonyl (C=O) groups excluding carboxylic acids is 4. The molecule has 0 amide bonds. The number of rotatable bonds is 3. The van der Waals surface area contributed by atoms with E-state index in [0.29, 0.717) is 0 Å². The molecule has 14 heteroatoms. The molecule has 4 aromatic rings. The van der Waals surface area contributed by atoms with E-state index >= 15 is 0 Å². The topological polar surface area (TPSA) is 229 Å². The Hall–Kier alpha value is -5.02. The van der Waals surface area contributed by atoms with Crippen LogP contribution >= 0.6 is 0 Å². The molecule has 0 atom stereocenters. The van der Waals surface area contributed by atoms with Crippen LogP contribution in [-0.4, -0.2) is 49.1 Å². The maximum absolute atomic E-state index is 13.9. The minimum absolute atomic E-state index is 0.0213. The first-order valence-electron chi connectivity index (χ1n) is 11.9. The Bertz CT molecular complexity index is 2240. The maximum Gasteiger partial charge on any atom is 0.298 e. The Balaban J connectivity index is 1.89. The van der Waals surface area contributed by atoms with Crippen LogP contribution in [0.5, 0.6) is 0 Å². The maximum atomic E-state index is 13.9. The predicted octanol–water partition coefficient (Wildman–Crippen LogP) is 2.56. The minimum Gasteiger partial charge on any atom is -0.398 e. The van der Waals surface area contributed by atoms with Gasteiger partial charge in [0.2, 0.25) is 0 Å². The molecule has 0 saturated carbocycles. The number of carbonyl (C=O) groups is 4. The van der Waals surface area contributed by atoms with Gasteiger partial charge < -0.3 is 11.5 Å².